The fraction of sp³-hybridized carbons (Fsp3) is 1.00. The summed E-state index contributed by atoms with van der Waals surface area (Å²) in [6.07, 6.45) is 5.59. The molecule has 1 saturated heterocycles. The molecule has 2 nitrogen and oxygen atoms in total. The van der Waals surface area contributed by atoms with Crippen molar-refractivity contribution in [2.24, 2.45) is 11.8 Å². The lowest BCUT2D eigenvalue weighted by Crippen LogP contribution is -2.30. The van der Waals surface area contributed by atoms with Gasteiger partial charge in [-0.05, 0) is 37.5 Å². The van der Waals surface area contributed by atoms with Crippen LogP contribution in [0.1, 0.15) is 39.0 Å². The molecule has 1 saturated carbocycles. The van der Waals surface area contributed by atoms with Crippen LogP contribution < -0.4 is 0 Å². The molecule has 0 radical (unpaired) electrons. The average molecular weight is 184 g/mol. The first-order valence-corrected chi connectivity index (χ1v) is 5.57. The molecule has 2 rings (SSSR count). The van der Waals surface area contributed by atoms with Crippen molar-refractivity contribution in [3.05, 3.63) is 0 Å². The highest BCUT2D eigenvalue weighted by Crippen LogP contribution is 2.53. The summed E-state index contributed by atoms with van der Waals surface area (Å²) in [6.45, 7) is 3.90. The highest BCUT2D eigenvalue weighted by atomic mass is 16.5. The Morgan fingerprint density at radius 3 is 2.69 bits per heavy atom. The molecular weight excluding hydrogens is 164 g/mol. The van der Waals surface area contributed by atoms with Gasteiger partial charge in [0.15, 0.2) is 0 Å². The van der Waals surface area contributed by atoms with Gasteiger partial charge in [-0.1, -0.05) is 13.3 Å². The summed E-state index contributed by atoms with van der Waals surface area (Å²) in [5, 5.41) is 10.3. The van der Waals surface area contributed by atoms with Gasteiger partial charge in [-0.25, -0.2) is 0 Å². The van der Waals surface area contributed by atoms with E-state index in [1.54, 1.807) is 0 Å². The summed E-state index contributed by atoms with van der Waals surface area (Å²) in [6, 6.07) is 0. The predicted molar refractivity (Wildman–Crippen MR) is 51.5 cm³/mol. The zero-order valence-electron chi connectivity index (χ0n) is 8.46. The molecule has 1 aliphatic heterocycles. The van der Waals surface area contributed by atoms with Crippen LogP contribution in [0.2, 0.25) is 0 Å². The molecule has 0 aromatic carbocycles. The minimum atomic E-state index is -0.292. The van der Waals surface area contributed by atoms with E-state index in [1.807, 2.05) is 0 Å². The highest BCUT2D eigenvalue weighted by molar-refractivity contribution is 5.07. The first kappa shape index (κ1) is 9.47. The third-order valence-corrected chi connectivity index (χ3v) is 3.69. The minimum absolute atomic E-state index is 0.292. The fourth-order valence-electron chi connectivity index (χ4n) is 2.73. The molecule has 0 aromatic rings. The summed E-state index contributed by atoms with van der Waals surface area (Å²) >= 11 is 0. The number of rotatable bonds is 3. The standard InChI is InChI=1S/C11H20O2/c1-2-3-10-8-11(10,12)9-4-6-13-7-5-9/h9-10,12H,2-8H2,1H3. The Morgan fingerprint density at radius 1 is 1.38 bits per heavy atom. The Morgan fingerprint density at radius 2 is 2.08 bits per heavy atom. The van der Waals surface area contributed by atoms with Crippen molar-refractivity contribution in [1.82, 2.24) is 0 Å². The van der Waals surface area contributed by atoms with Crippen molar-refractivity contribution < 1.29 is 9.84 Å². The van der Waals surface area contributed by atoms with Gasteiger partial charge in [0.05, 0.1) is 5.60 Å². The first-order chi connectivity index (χ1) is 6.27. The van der Waals surface area contributed by atoms with E-state index in [0.29, 0.717) is 11.8 Å². The van der Waals surface area contributed by atoms with Gasteiger partial charge in [0.25, 0.3) is 0 Å². The molecule has 1 aliphatic carbocycles. The Kier molecular flexibility index (Phi) is 2.61. The lowest BCUT2D eigenvalue weighted by atomic mass is 9.89. The third kappa shape index (κ3) is 1.75. The lowest BCUT2D eigenvalue weighted by molar-refractivity contribution is -0.0140. The maximum absolute atomic E-state index is 10.3. The molecule has 0 aromatic heterocycles. The van der Waals surface area contributed by atoms with Gasteiger partial charge >= 0.3 is 0 Å². The van der Waals surface area contributed by atoms with Gasteiger partial charge in [-0.3, -0.25) is 0 Å². The van der Waals surface area contributed by atoms with Crippen molar-refractivity contribution in [2.75, 3.05) is 13.2 Å². The molecule has 2 fully saturated rings. The fourth-order valence-corrected chi connectivity index (χ4v) is 2.73. The van der Waals surface area contributed by atoms with Crippen molar-refractivity contribution in [3.63, 3.8) is 0 Å². The lowest BCUT2D eigenvalue weighted by Gasteiger charge is -2.27. The maximum Gasteiger partial charge on any atom is 0.0710 e. The second-order valence-electron chi connectivity index (χ2n) is 4.57. The number of aliphatic hydroxyl groups is 1. The summed E-state index contributed by atoms with van der Waals surface area (Å²) in [7, 11) is 0. The molecule has 76 valence electrons. The minimum Gasteiger partial charge on any atom is -0.389 e. The second kappa shape index (κ2) is 3.58. The van der Waals surface area contributed by atoms with Crippen LogP contribution in [0.15, 0.2) is 0 Å². The molecule has 13 heavy (non-hydrogen) atoms. The third-order valence-electron chi connectivity index (χ3n) is 3.69. The average Bonchev–Trinajstić information content (AvgIpc) is 2.81. The van der Waals surface area contributed by atoms with E-state index >= 15 is 0 Å². The van der Waals surface area contributed by atoms with Gasteiger partial charge in [-0.15, -0.1) is 0 Å². The molecule has 2 atom stereocenters. The number of ether oxygens (including phenoxy) is 1. The summed E-state index contributed by atoms with van der Waals surface area (Å²) in [5.41, 5.74) is -0.292. The van der Waals surface area contributed by atoms with Crippen molar-refractivity contribution in [2.45, 2.75) is 44.6 Å². The van der Waals surface area contributed by atoms with Crippen LogP contribution in [0.3, 0.4) is 0 Å². The van der Waals surface area contributed by atoms with Crippen LogP contribution in [0.5, 0.6) is 0 Å². The van der Waals surface area contributed by atoms with E-state index < -0.39 is 0 Å². The van der Waals surface area contributed by atoms with Crippen LogP contribution in [0.25, 0.3) is 0 Å². The molecule has 1 heterocycles. The normalized spacial score (nSPS) is 40.6. The number of hydrogen-bond acceptors (Lipinski definition) is 2. The van der Waals surface area contributed by atoms with E-state index in [0.717, 1.165) is 32.5 Å². The molecule has 0 bridgehead atoms. The van der Waals surface area contributed by atoms with Crippen LogP contribution in [0.4, 0.5) is 0 Å². The Hall–Kier alpha value is -0.0800. The summed E-state index contributed by atoms with van der Waals surface area (Å²) in [5.74, 6) is 1.12. The van der Waals surface area contributed by atoms with Gasteiger partial charge in [0, 0.05) is 13.2 Å². The Balaban J connectivity index is 1.86. The Bertz CT molecular complexity index is 175. The van der Waals surface area contributed by atoms with Crippen molar-refractivity contribution in [3.8, 4) is 0 Å². The maximum atomic E-state index is 10.3. The first-order valence-electron chi connectivity index (χ1n) is 5.57. The van der Waals surface area contributed by atoms with Gasteiger partial charge in [0.2, 0.25) is 0 Å². The van der Waals surface area contributed by atoms with Gasteiger partial charge in [-0.2, -0.15) is 0 Å². The SMILES string of the molecule is CCCC1CC1(O)C1CCOCC1. The van der Waals surface area contributed by atoms with Gasteiger partial charge < -0.3 is 9.84 Å². The zero-order valence-corrected chi connectivity index (χ0v) is 8.46. The molecule has 2 heteroatoms. The zero-order chi connectivity index (χ0) is 9.31. The van der Waals surface area contributed by atoms with E-state index in [4.69, 9.17) is 4.74 Å². The topological polar surface area (TPSA) is 29.5 Å². The van der Waals surface area contributed by atoms with Gasteiger partial charge in [0.1, 0.15) is 0 Å². The van der Waals surface area contributed by atoms with Crippen molar-refractivity contribution in [1.29, 1.82) is 0 Å². The second-order valence-corrected chi connectivity index (χ2v) is 4.57. The smallest absolute Gasteiger partial charge is 0.0710 e. The van der Waals surface area contributed by atoms with E-state index in [-0.39, 0.29) is 5.60 Å². The molecule has 0 amide bonds. The van der Waals surface area contributed by atoms with Crippen LogP contribution in [0, 0.1) is 11.8 Å². The van der Waals surface area contributed by atoms with E-state index in [1.165, 1.54) is 12.8 Å². The van der Waals surface area contributed by atoms with Crippen molar-refractivity contribution >= 4 is 0 Å². The van der Waals surface area contributed by atoms with Crippen LogP contribution >= 0.6 is 0 Å². The number of hydrogen-bond donors (Lipinski definition) is 1. The van der Waals surface area contributed by atoms with Crippen LogP contribution in [-0.2, 0) is 4.74 Å². The summed E-state index contributed by atoms with van der Waals surface area (Å²) in [4.78, 5) is 0. The highest BCUT2D eigenvalue weighted by Gasteiger charge is 2.56. The Labute approximate surface area is 80.3 Å². The molecule has 2 unspecified atom stereocenters. The quantitative estimate of drug-likeness (QED) is 0.726. The molecule has 1 N–H and O–H groups in total. The molecule has 2 aliphatic rings. The monoisotopic (exact) mass is 184 g/mol. The predicted octanol–water partition coefficient (Wildman–Crippen LogP) is 1.96. The van der Waals surface area contributed by atoms with E-state index in [9.17, 15) is 5.11 Å². The molecule has 0 spiro atoms. The molecular formula is C11H20O2. The van der Waals surface area contributed by atoms with E-state index in [2.05, 4.69) is 6.92 Å². The van der Waals surface area contributed by atoms with Crippen LogP contribution in [-0.4, -0.2) is 23.9 Å². The summed E-state index contributed by atoms with van der Waals surface area (Å²) < 4.78 is 5.31. The largest absolute Gasteiger partial charge is 0.389 e.